The molecule has 0 bridgehead atoms. The molecular weight excluding hydrogens is 280 g/mol. The summed E-state index contributed by atoms with van der Waals surface area (Å²) in [7, 11) is 0. The fourth-order valence-corrected chi connectivity index (χ4v) is 3.35. The highest BCUT2D eigenvalue weighted by Gasteiger charge is 2.12. The Labute approximate surface area is 133 Å². The van der Waals surface area contributed by atoms with Crippen LogP contribution in [0.2, 0.25) is 0 Å². The minimum absolute atomic E-state index is 0.0216. The Morgan fingerprint density at radius 3 is 2.00 bits per heavy atom. The van der Waals surface area contributed by atoms with Crippen molar-refractivity contribution in [1.29, 1.82) is 0 Å². The molecule has 0 saturated carbocycles. The third-order valence-electron chi connectivity index (χ3n) is 3.67. The van der Waals surface area contributed by atoms with Gasteiger partial charge in [0.1, 0.15) is 0 Å². The van der Waals surface area contributed by atoms with Gasteiger partial charge in [-0.25, -0.2) is 0 Å². The van der Waals surface area contributed by atoms with Crippen LogP contribution in [0.4, 0.5) is 0 Å². The highest BCUT2D eigenvalue weighted by atomic mass is 32.2. The van der Waals surface area contributed by atoms with Crippen molar-refractivity contribution in [2.24, 2.45) is 0 Å². The number of hydrogen-bond donors (Lipinski definition) is 0. The number of hydrogen-bond acceptors (Lipinski definition) is 3. The maximum atomic E-state index is 11.5. The van der Waals surface area contributed by atoms with Gasteiger partial charge in [-0.3, -0.25) is 9.59 Å². The van der Waals surface area contributed by atoms with E-state index in [0.717, 1.165) is 12.2 Å². The van der Waals surface area contributed by atoms with Crippen LogP contribution in [-0.2, 0) is 9.59 Å². The summed E-state index contributed by atoms with van der Waals surface area (Å²) in [5.41, 5.74) is 0. The molecule has 0 aromatic rings. The summed E-state index contributed by atoms with van der Waals surface area (Å²) in [6, 6.07) is 0. The van der Waals surface area contributed by atoms with Gasteiger partial charge in [0.05, 0.1) is 4.91 Å². The smallest absolute Gasteiger partial charge is 0.192 e. The molecule has 0 amide bonds. The molecule has 0 saturated heterocycles. The van der Waals surface area contributed by atoms with Gasteiger partial charge in [-0.15, -0.1) is 11.8 Å². The van der Waals surface area contributed by atoms with Crippen LogP contribution < -0.4 is 0 Å². The standard InChI is InChI=1S/C18H28O2S/c1-2-3-4-5-6-7-8-9-10-11-14-21-18-15-16(19)12-13-17(18)20/h12-13,15H,2-11,14H2,1H3. The first-order valence-corrected chi connectivity index (χ1v) is 9.33. The van der Waals surface area contributed by atoms with E-state index in [0.29, 0.717) is 4.91 Å². The summed E-state index contributed by atoms with van der Waals surface area (Å²) >= 11 is 1.53. The number of allylic oxidation sites excluding steroid dienone is 4. The maximum absolute atomic E-state index is 11.5. The fourth-order valence-electron chi connectivity index (χ4n) is 2.37. The Morgan fingerprint density at radius 1 is 0.810 bits per heavy atom. The molecule has 0 heterocycles. The van der Waals surface area contributed by atoms with Gasteiger partial charge < -0.3 is 0 Å². The van der Waals surface area contributed by atoms with E-state index < -0.39 is 0 Å². The van der Waals surface area contributed by atoms with Gasteiger partial charge in [0.15, 0.2) is 11.6 Å². The monoisotopic (exact) mass is 308 g/mol. The molecular formula is C18H28O2S. The molecule has 1 rings (SSSR count). The topological polar surface area (TPSA) is 34.1 Å². The van der Waals surface area contributed by atoms with E-state index in [4.69, 9.17) is 0 Å². The van der Waals surface area contributed by atoms with Crippen LogP contribution in [0.15, 0.2) is 23.1 Å². The van der Waals surface area contributed by atoms with Crippen molar-refractivity contribution < 1.29 is 9.59 Å². The highest BCUT2D eigenvalue weighted by molar-refractivity contribution is 8.04. The minimum atomic E-state index is -0.0693. The Morgan fingerprint density at radius 2 is 1.38 bits per heavy atom. The molecule has 118 valence electrons. The Kier molecular flexibility index (Phi) is 10.2. The Bertz CT molecular complexity index is 383. The molecule has 0 fully saturated rings. The number of thioether (sulfide) groups is 1. The lowest BCUT2D eigenvalue weighted by Gasteiger charge is -2.06. The predicted molar refractivity (Wildman–Crippen MR) is 91.5 cm³/mol. The summed E-state index contributed by atoms with van der Waals surface area (Å²) in [6.07, 6.45) is 17.4. The van der Waals surface area contributed by atoms with Crippen molar-refractivity contribution in [1.82, 2.24) is 0 Å². The van der Waals surface area contributed by atoms with E-state index in [2.05, 4.69) is 6.92 Å². The van der Waals surface area contributed by atoms with Crippen LogP contribution >= 0.6 is 11.8 Å². The average Bonchev–Trinajstić information content (AvgIpc) is 2.48. The van der Waals surface area contributed by atoms with Gasteiger partial charge >= 0.3 is 0 Å². The average molecular weight is 308 g/mol. The van der Waals surface area contributed by atoms with E-state index in [1.54, 1.807) is 0 Å². The lowest BCUT2D eigenvalue weighted by molar-refractivity contribution is -0.114. The van der Waals surface area contributed by atoms with Gasteiger partial charge in [0.25, 0.3) is 0 Å². The molecule has 2 nitrogen and oxygen atoms in total. The number of unbranched alkanes of at least 4 members (excludes halogenated alkanes) is 9. The zero-order valence-corrected chi connectivity index (χ0v) is 14.1. The van der Waals surface area contributed by atoms with E-state index in [1.807, 2.05) is 0 Å². The summed E-state index contributed by atoms with van der Waals surface area (Å²) in [4.78, 5) is 23.3. The van der Waals surface area contributed by atoms with Crippen molar-refractivity contribution in [2.45, 2.75) is 71.1 Å². The normalized spacial score (nSPS) is 14.6. The van der Waals surface area contributed by atoms with Crippen LogP contribution in [0, 0.1) is 0 Å². The molecule has 1 aliphatic rings. The fraction of sp³-hybridized carbons (Fsp3) is 0.667. The quantitative estimate of drug-likeness (QED) is 0.365. The molecule has 3 heteroatoms. The van der Waals surface area contributed by atoms with Crippen molar-refractivity contribution in [2.75, 3.05) is 5.75 Å². The number of carbonyl (C=O) groups is 2. The van der Waals surface area contributed by atoms with Crippen LogP contribution in [0.5, 0.6) is 0 Å². The van der Waals surface area contributed by atoms with Gasteiger partial charge in [-0.05, 0) is 24.3 Å². The first-order chi connectivity index (χ1) is 10.2. The van der Waals surface area contributed by atoms with E-state index >= 15 is 0 Å². The molecule has 0 aromatic heterocycles. The first-order valence-electron chi connectivity index (χ1n) is 8.35. The number of rotatable bonds is 12. The van der Waals surface area contributed by atoms with Crippen LogP contribution in [0.25, 0.3) is 0 Å². The van der Waals surface area contributed by atoms with E-state index in [1.165, 1.54) is 87.8 Å². The second kappa shape index (κ2) is 11.8. The zero-order chi connectivity index (χ0) is 15.3. The molecule has 21 heavy (non-hydrogen) atoms. The summed E-state index contributed by atoms with van der Waals surface area (Å²) in [6.45, 7) is 2.25. The second-order valence-electron chi connectivity index (χ2n) is 5.64. The molecule has 0 atom stereocenters. The summed E-state index contributed by atoms with van der Waals surface area (Å²) < 4.78 is 0. The van der Waals surface area contributed by atoms with Gasteiger partial charge in [-0.2, -0.15) is 0 Å². The Hall–Kier alpha value is -0.830. The number of carbonyl (C=O) groups excluding carboxylic acids is 2. The number of ketones is 2. The third kappa shape index (κ3) is 8.92. The van der Waals surface area contributed by atoms with Crippen LogP contribution in [0.1, 0.15) is 71.1 Å². The van der Waals surface area contributed by atoms with Crippen molar-refractivity contribution in [3.8, 4) is 0 Å². The molecule has 0 aromatic carbocycles. The van der Waals surface area contributed by atoms with Gasteiger partial charge in [0.2, 0.25) is 0 Å². The van der Waals surface area contributed by atoms with Crippen molar-refractivity contribution in [3.05, 3.63) is 23.1 Å². The lowest BCUT2D eigenvalue weighted by atomic mass is 10.1. The van der Waals surface area contributed by atoms with Gasteiger partial charge in [0, 0.05) is 6.08 Å². The largest absolute Gasteiger partial charge is 0.290 e. The minimum Gasteiger partial charge on any atom is -0.290 e. The lowest BCUT2D eigenvalue weighted by Crippen LogP contribution is -2.05. The summed E-state index contributed by atoms with van der Waals surface area (Å²) in [5, 5.41) is 0. The van der Waals surface area contributed by atoms with Crippen molar-refractivity contribution >= 4 is 23.3 Å². The second-order valence-corrected chi connectivity index (χ2v) is 6.78. The molecule has 0 aliphatic heterocycles. The maximum Gasteiger partial charge on any atom is 0.192 e. The predicted octanol–water partition coefficient (Wildman–Crippen LogP) is 5.23. The molecule has 0 unspecified atom stereocenters. The van der Waals surface area contributed by atoms with Crippen LogP contribution in [0.3, 0.4) is 0 Å². The zero-order valence-electron chi connectivity index (χ0n) is 13.2. The molecule has 0 N–H and O–H groups in total. The molecule has 0 radical (unpaired) electrons. The van der Waals surface area contributed by atoms with Crippen LogP contribution in [-0.4, -0.2) is 17.3 Å². The van der Waals surface area contributed by atoms with Gasteiger partial charge in [-0.1, -0.05) is 64.7 Å². The Balaban J connectivity index is 1.91. The van der Waals surface area contributed by atoms with E-state index in [-0.39, 0.29) is 11.6 Å². The summed E-state index contributed by atoms with van der Waals surface area (Å²) in [5.74, 6) is 0.849. The highest BCUT2D eigenvalue weighted by Crippen LogP contribution is 2.22. The van der Waals surface area contributed by atoms with Crippen molar-refractivity contribution in [3.63, 3.8) is 0 Å². The first kappa shape index (κ1) is 18.2. The molecule has 1 aliphatic carbocycles. The third-order valence-corrected chi connectivity index (χ3v) is 4.79. The molecule has 0 spiro atoms. The van der Waals surface area contributed by atoms with E-state index in [9.17, 15) is 9.59 Å². The SMILES string of the molecule is CCCCCCCCCCCCSC1=CC(=O)C=CC1=O.